The van der Waals surface area contributed by atoms with Crippen LogP contribution in [0.15, 0.2) is 60.0 Å². The topological polar surface area (TPSA) is 55.4 Å². The minimum Gasteiger partial charge on any atom is -0.282 e. The van der Waals surface area contributed by atoms with Crippen LogP contribution in [-0.2, 0) is 21.5 Å². The quantitative estimate of drug-likeness (QED) is 0.829. The lowest BCUT2D eigenvalue weighted by molar-refractivity contribution is 0.0805. The number of sulfonamides is 1. The summed E-state index contributed by atoms with van der Waals surface area (Å²) >= 11 is 5.75. The maximum absolute atomic E-state index is 11.7. The predicted molar refractivity (Wildman–Crippen MR) is 83.8 cm³/mol. The fraction of sp³-hybridized carbons (Fsp3) is 0.0667. The summed E-state index contributed by atoms with van der Waals surface area (Å²) in [6.45, 7) is 0.162. The molecule has 21 heavy (non-hydrogen) atoms. The molecular formula is C15H14ClNO3S. The minimum absolute atomic E-state index is 0.162. The van der Waals surface area contributed by atoms with Crippen LogP contribution in [-0.4, -0.2) is 8.42 Å². The Morgan fingerprint density at radius 1 is 1.05 bits per heavy atom. The minimum atomic E-state index is -3.65. The lowest BCUT2D eigenvalue weighted by Gasteiger charge is -2.04. The highest BCUT2D eigenvalue weighted by Crippen LogP contribution is 2.11. The molecule has 6 heteroatoms. The highest BCUT2D eigenvalue weighted by Gasteiger charge is 2.04. The van der Waals surface area contributed by atoms with Gasteiger partial charge in [0, 0.05) is 10.4 Å². The van der Waals surface area contributed by atoms with Gasteiger partial charge in [-0.25, -0.2) is 8.42 Å². The predicted octanol–water partition coefficient (Wildman–Crippen LogP) is 3.36. The number of hydrogen-bond donors (Lipinski definition) is 1. The van der Waals surface area contributed by atoms with Gasteiger partial charge in [0.05, 0.1) is 6.61 Å². The van der Waals surface area contributed by atoms with E-state index >= 15 is 0 Å². The summed E-state index contributed by atoms with van der Waals surface area (Å²) in [7, 11) is -3.65. The van der Waals surface area contributed by atoms with E-state index in [0.717, 1.165) is 16.5 Å². The normalized spacial score (nSPS) is 11.9. The standard InChI is InChI=1S/C15H14ClNO3S/c16-15-8-6-13(7-9-15)10-11-21(18,19)17-20-12-14-4-2-1-3-5-14/h1-11,17H,12H2. The van der Waals surface area contributed by atoms with E-state index < -0.39 is 10.0 Å². The largest absolute Gasteiger partial charge is 0.282 e. The first-order chi connectivity index (χ1) is 10.1. The van der Waals surface area contributed by atoms with Crippen molar-refractivity contribution in [3.05, 3.63) is 76.2 Å². The Hall–Kier alpha value is -1.66. The van der Waals surface area contributed by atoms with E-state index in [9.17, 15) is 8.42 Å². The van der Waals surface area contributed by atoms with Gasteiger partial charge in [0.15, 0.2) is 0 Å². The molecule has 4 nitrogen and oxygen atoms in total. The average Bonchev–Trinajstić information content (AvgIpc) is 2.48. The van der Waals surface area contributed by atoms with Crippen molar-refractivity contribution < 1.29 is 13.3 Å². The Morgan fingerprint density at radius 3 is 2.38 bits per heavy atom. The molecule has 0 aromatic heterocycles. The summed E-state index contributed by atoms with van der Waals surface area (Å²) in [6, 6.07) is 16.1. The molecule has 0 aliphatic heterocycles. The smallest absolute Gasteiger partial charge is 0.255 e. The van der Waals surface area contributed by atoms with Crippen molar-refractivity contribution in [1.29, 1.82) is 0 Å². The summed E-state index contributed by atoms with van der Waals surface area (Å²) in [4.78, 5) is 7.03. The molecule has 1 N–H and O–H groups in total. The molecule has 0 saturated carbocycles. The fourth-order valence-electron chi connectivity index (χ4n) is 1.54. The lowest BCUT2D eigenvalue weighted by atomic mass is 10.2. The van der Waals surface area contributed by atoms with Crippen molar-refractivity contribution in [2.24, 2.45) is 0 Å². The Bertz CT molecular complexity index is 697. The second-order valence-corrected chi connectivity index (χ2v) is 6.22. The molecule has 110 valence electrons. The molecule has 0 amide bonds. The molecule has 0 heterocycles. The van der Waals surface area contributed by atoms with Crippen LogP contribution in [0.25, 0.3) is 6.08 Å². The summed E-state index contributed by atoms with van der Waals surface area (Å²) in [6.07, 6.45) is 1.46. The third-order valence-electron chi connectivity index (χ3n) is 2.57. The summed E-state index contributed by atoms with van der Waals surface area (Å²) in [5.41, 5.74) is 1.61. The van der Waals surface area contributed by atoms with Gasteiger partial charge < -0.3 is 0 Å². The first-order valence-corrected chi connectivity index (χ1v) is 8.09. The van der Waals surface area contributed by atoms with Crippen LogP contribution in [0.5, 0.6) is 0 Å². The molecule has 0 atom stereocenters. The van der Waals surface area contributed by atoms with E-state index in [2.05, 4.69) is 0 Å². The van der Waals surface area contributed by atoms with Crippen molar-refractivity contribution >= 4 is 27.7 Å². The Labute approximate surface area is 129 Å². The fourth-order valence-corrected chi connectivity index (χ4v) is 2.28. The van der Waals surface area contributed by atoms with E-state index in [1.807, 2.05) is 35.2 Å². The zero-order chi connectivity index (χ0) is 15.1. The van der Waals surface area contributed by atoms with Gasteiger partial charge in [-0.3, -0.25) is 4.84 Å². The van der Waals surface area contributed by atoms with Gasteiger partial charge in [-0.1, -0.05) is 59.0 Å². The van der Waals surface area contributed by atoms with Gasteiger partial charge in [-0.05, 0) is 29.3 Å². The SMILES string of the molecule is O=S(=O)(C=Cc1ccc(Cl)cc1)NOCc1ccccc1. The number of hydrogen-bond acceptors (Lipinski definition) is 3. The second-order valence-electron chi connectivity index (χ2n) is 4.26. The Kier molecular flexibility index (Phi) is 5.52. The van der Waals surface area contributed by atoms with Gasteiger partial charge in [-0.2, -0.15) is 0 Å². The zero-order valence-electron chi connectivity index (χ0n) is 11.1. The maximum Gasteiger partial charge on any atom is 0.255 e. The molecule has 0 radical (unpaired) electrons. The van der Waals surface area contributed by atoms with Gasteiger partial charge in [0.25, 0.3) is 10.0 Å². The summed E-state index contributed by atoms with van der Waals surface area (Å²) in [5.74, 6) is 0. The molecule has 0 saturated heterocycles. The number of nitrogens with one attached hydrogen (secondary N) is 1. The van der Waals surface area contributed by atoms with Gasteiger partial charge in [0.2, 0.25) is 0 Å². The van der Waals surface area contributed by atoms with Crippen LogP contribution in [0.1, 0.15) is 11.1 Å². The first kappa shape index (κ1) is 15.7. The van der Waals surface area contributed by atoms with Gasteiger partial charge in [0.1, 0.15) is 0 Å². The molecule has 0 fully saturated rings. The van der Waals surface area contributed by atoms with E-state index in [-0.39, 0.29) is 6.61 Å². The molecule has 0 unspecified atom stereocenters. The molecule has 2 aromatic rings. The van der Waals surface area contributed by atoms with Crippen molar-refractivity contribution in [3.8, 4) is 0 Å². The zero-order valence-corrected chi connectivity index (χ0v) is 12.6. The van der Waals surface area contributed by atoms with Crippen LogP contribution in [0, 0.1) is 0 Å². The van der Waals surface area contributed by atoms with E-state index in [1.54, 1.807) is 24.3 Å². The second kappa shape index (κ2) is 7.38. The van der Waals surface area contributed by atoms with Crippen molar-refractivity contribution in [2.45, 2.75) is 6.61 Å². The third-order valence-corrected chi connectivity index (χ3v) is 3.66. The van der Waals surface area contributed by atoms with Gasteiger partial charge >= 0.3 is 0 Å². The Balaban J connectivity index is 1.88. The molecule has 2 rings (SSSR count). The number of halogens is 1. The van der Waals surface area contributed by atoms with Crippen LogP contribution in [0.3, 0.4) is 0 Å². The average molecular weight is 324 g/mol. The monoisotopic (exact) mass is 323 g/mol. The lowest BCUT2D eigenvalue weighted by Crippen LogP contribution is -2.21. The number of rotatable bonds is 6. The highest BCUT2D eigenvalue weighted by atomic mass is 35.5. The first-order valence-electron chi connectivity index (χ1n) is 6.16. The van der Waals surface area contributed by atoms with Crippen molar-refractivity contribution in [2.75, 3.05) is 0 Å². The molecule has 0 spiro atoms. The molecule has 0 aliphatic rings. The van der Waals surface area contributed by atoms with E-state index in [4.69, 9.17) is 16.4 Å². The number of benzene rings is 2. The summed E-state index contributed by atoms with van der Waals surface area (Å²) < 4.78 is 23.4. The van der Waals surface area contributed by atoms with Crippen molar-refractivity contribution in [3.63, 3.8) is 0 Å². The van der Waals surface area contributed by atoms with Crippen LogP contribution in [0.2, 0.25) is 5.02 Å². The molecule has 0 aliphatic carbocycles. The highest BCUT2D eigenvalue weighted by molar-refractivity contribution is 7.92. The van der Waals surface area contributed by atoms with Crippen LogP contribution in [0.4, 0.5) is 0 Å². The molecule has 2 aromatic carbocycles. The molecular weight excluding hydrogens is 310 g/mol. The van der Waals surface area contributed by atoms with Gasteiger partial charge in [-0.15, -0.1) is 0 Å². The van der Waals surface area contributed by atoms with E-state index in [0.29, 0.717) is 5.02 Å². The maximum atomic E-state index is 11.7. The summed E-state index contributed by atoms with van der Waals surface area (Å²) in [5, 5.41) is 1.64. The third kappa shape index (κ3) is 5.69. The van der Waals surface area contributed by atoms with Crippen LogP contribution < -0.4 is 4.89 Å². The Morgan fingerprint density at radius 2 is 1.71 bits per heavy atom. The molecule has 0 bridgehead atoms. The van der Waals surface area contributed by atoms with Crippen molar-refractivity contribution in [1.82, 2.24) is 4.89 Å². The van der Waals surface area contributed by atoms with Crippen LogP contribution >= 0.6 is 11.6 Å². The van der Waals surface area contributed by atoms with E-state index in [1.165, 1.54) is 6.08 Å².